The lowest BCUT2D eigenvalue weighted by Gasteiger charge is -2.32. The van der Waals surface area contributed by atoms with Crippen LogP contribution in [0.3, 0.4) is 0 Å². The second-order valence-electron chi connectivity index (χ2n) is 6.11. The first kappa shape index (κ1) is 17.4. The summed E-state index contributed by atoms with van der Waals surface area (Å²) in [6.07, 6.45) is 10.3. The first-order chi connectivity index (χ1) is 9.59. The maximum absolute atomic E-state index is 5.96. The van der Waals surface area contributed by atoms with Crippen LogP contribution in [0.1, 0.15) is 72.1 Å². The molecule has 1 rings (SSSR count). The van der Waals surface area contributed by atoms with Gasteiger partial charge < -0.3 is 5.32 Å². The fraction of sp³-hybridized carbons (Fsp3) is 0.667. The Kier molecular flexibility index (Phi) is 8.06. The Hall–Kier alpha value is -0.690. The molecule has 0 saturated heterocycles. The molecule has 1 aromatic carbocycles. The topological polar surface area (TPSA) is 12.0 Å². The summed E-state index contributed by atoms with van der Waals surface area (Å²) in [5, 5.41) is 4.54. The molecule has 0 bridgehead atoms. The van der Waals surface area contributed by atoms with Crippen LogP contribution >= 0.6 is 11.6 Å². The summed E-state index contributed by atoms with van der Waals surface area (Å²) in [7, 11) is 0. The van der Waals surface area contributed by atoms with E-state index in [1.807, 2.05) is 12.1 Å². The highest BCUT2D eigenvalue weighted by atomic mass is 35.5. The summed E-state index contributed by atoms with van der Waals surface area (Å²) in [6, 6.07) is 8.08. The monoisotopic (exact) mass is 295 g/mol. The molecule has 0 saturated carbocycles. The van der Waals surface area contributed by atoms with E-state index in [1.165, 1.54) is 57.1 Å². The summed E-state index contributed by atoms with van der Waals surface area (Å²) in [5.74, 6) is 0. The molecule has 1 nitrogen and oxygen atoms in total. The van der Waals surface area contributed by atoms with Gasteiger partial charge in [-0.05, 0) is 44.0 Å². The van der Waals surface area contributed by atoms with Crippen LogP contribution in [0, 0.1) is 0 Å². The minimum Gasteiger partial charge on any atom is -0.380 e. The molecule has 0 radical (unpaired) electrons. The molecule has 0 fully saturated rings. The number of hydrogen-bond acceptors (Lipinski definition) is 1. The molecular formula is C18H30ClN. The van der Waals surface area contributed by atoms with Crippen molar-refractivity contribution in [3.05, 3.63) is 29.3 Å². The molecule has 1 N–H and O–H groups in total. The van der Waals surface area contributed by atoms with Crippen molar-refractivity contribution in [2.75, 3.05) is 5.32 Å². The molecule has 0 spiro atoms. The largest absolute Gasteiger partial charge is 0.380 e. The van der Waals surface area contributed by atoms with Crippen molar-refractivity contribution < 1.29 is 0 Å². The Morgan fingerprint density at radius 1 is 0.900 bits per heavy atom. The van der Waals surface area contributed by atoms with Gasteiger partial charge in [-0.1, -0.05) is 64.0 Å². The lowest BCUT2D eigenvalue weighted by molar-refractivity contribution is 0.401. The van der Waals surface area contributed by atoms with Gasteiger partial charge in [-0.15, -0.1) is 0 Å². The lowest BCUT2D eigenvalue weighted by Crippen LogP contribution is -2.34. The molecule has 0 aliphatic heterocycles. The Balaban J connectivity index is 2.58. The van der Waals surface area contributed by atoms with Crippen molar-refractivity contribution in [1.82, 2.24) is 0 Å². The number of rotatable bonds is 10. The quantitative estimate of drug-likeness (QED) is 0.475. The van der Waals surface area contributed by atoms with E-state index in [2.05, 4.69) is 38.2 Å². The molecular weight excluding hydrogens is 266 g/mol. The van der Waals surface area contributed by atoms with Crippen molar-refractivity contribution in [2.24, 2.45) is 0 Å². The van der Waals surface area contributed by atoms with Crippen LogP contribution in [-0.4, -0.2) is 5.54 Å². The summed E-state index contributed by atoms with van der Waals surface area (Å²) >= 11 is 5.96. The number of hydrogen-bond donors (Lipinski definition) is 1. The Morgan fingerprint density at radius 3 is 2.10 bits per heavy atom. The Labute approximate surface area is 130 Å². The summed E-state index contributed by atoms with van der Waals surface area (Å²) < 4.78 is 0. The molecule has 1 atom stereocenters. The smallest absolute Gasteiger partial charge is 0.0407 e. The number of anilines is 1. The van der Waals surface area contributed by atoms with Crippen LogP contribution in [0.2, 0.25) is 5.02 Å². The first-order valence-corrected chi connectivity index (χ1v) is 8.51. The third-order valence-corrected chi connectivity index (χ3v) is 4.21. The van der Waals surface area contributed by atoms with Crippen molar-refractivity contribution in [3.63, 3.8) is 0 Å². The first-order valence-electron chi connectivity index (χ1n) is 8.13. The van der Waals surface area contributed by atoms with E-state index in [9.17, 15) is 0 Å². The summed E-state index contributed by atoms with van der Waals surface area (Å²) in [6.45, 7) is 6.89. The average molecular weight is 296 g/mol. The van der Waals surface area contributed by atoms with E-state index in [-0.39, 0.29) is 5.54 Å². The Morgan fingerprint density at radius 2 is 1.50 bits per heavy atom. The fourth-order valence-corrected chi connectivity index (χ4v) is 2.77. The molecule has 2 heteroatoms. The minimum atomic E-state index is 0.206. The molecule has 0 aliphatic carbocycles. The molecule has 0 aromatic heterocycles. The van der Waals surface area contributed by atoms with Gasteiger partial charge in [0.15, 0.2) is 0 Å². The number of halogens is 1. The number of benzene rings is 1. The zero-order chi connectivity index (χ0) is 14.8. The van der Waals surface area contributed by atoms with Crippen molar-refractivity contribution >= 4 is 17.3 Å². The molecule has 0 heterocycles. The zero-order valence-electron chi connectivity index (χ0n) is 13.3. The maximum Gasteiger partial charge on any atom is 0.0407 e. The second kappa shape index (κ2) is 9.28. The van der Waals surface area contributed by atoms with Crippen LogP contribution < -0.4 is 5.32 Å². The predicted molar refractivity (Wildman–Crippen MR) is 91.8 cm³/mol. The van der Waals surface area contributed by atoms with Gasteiger partial charge in [0, 0.05) is 16.2 Å². The van der Waals surface area contributed by atoms with Crippen LogP contribution in [0.15, 0.2) is 24.3 Å². The molecule has 114 valence electrons. The van der Waals surface area contributed by atoms with Gasteiger partial charge in [0.1, 0.15) is 0 Å². The molecule has 20 heavy (non-hydrogen) atoms. The fourth-order valence-electron chi connectivity index (χ4n) is 2.64. The van der Waals surface area contributed by atoms with Crippen LogP contribution in [0.25, 0.3) is 0 Å². The molecule has 0 aliphatic rings. The number of nitrogens with one attached hydrogen (secondary N) is 1. The van der Waals surface area contributed by atoms with Crippen LogP contribution in [0.4, 0.5) is 5.69 Å². The summed E-state index contributed by atoms with van der Waals surface area (Å²) in [4.78, 5) is 0. The molecule has 1 unspecified atom stereocenters. The molecule has 1 aromatic rings. The van der Waals surface area contributed by atoms with Gasteiger partial charge in [0.2, 0.25) is 0 Å². The average Bonchev–Trinajstić information content (AvgIpc) is 2.44. The lowest BCUT2D eigenvalue weighted by atomic mass is 9.88. The van der Waals surface area contributed by atoms with Gasteiger partial charge in [-0.2, -0.15) is 0 Å². The van der Waals surface area contributed by atoms with Gasteiger partial charge in [-0.25, -0.2) is 0 Å². The maximum atomic E-state index is 5.96. The van der Waals surface area contributed by atoms with Gasteiger partial charge in [0.05, 0.1) is 0 Å². The summed E-state index contributed by atoms with van der Waals surface area (Å²) in [5.41, 5.74) is 1.39. The highest BCUT2D eigenvalue weighted by Gasteiger charge is 2.22. The van der Waals surface area contributed by atoms with Gasteiger partial charge in [-0.3, -0.25) is 0 Å². The van der Waals surface area contributed by atoms with Crippen molar-refractivity contribution in [2.45, 2.75) is 77.7 Å². The second-order valence-corrected chi connectivity index (χ2v) is 6.54. The standard InChI is InChI=1S/C18H30ClN/c1-4-6-8-9-15-18(3,14-7-5-2)20-17-12-10-16(19)11-13-17/h10-13,20H,4-9,14-15H2,1-3H3. The predicted octanol–water partition coefficient (Wildman–Crippen LogP) is 6.67. The highest BCUT2D eigenvalue weighted by molar-refractivity contribution is 6.30. The van der Waals surface area contributed by atoms with E-state index in [1.54, 1.807) is 0 Å². The van der Waals surface area contributed by atoms with E-state index in [0.29, 0.717) is 0 Å². The van der Waals surface area contributed by atoms with Gasteiger partial charge >= 0.3 is 0 Å². The zero-order valence-corrected chi connectivity index (χ0v) is 14.1. The number of unbranched alkanes of at least 4 members (excludes halogenated alkanes) is 4. The van der Waals surface area contributed by atoms with E-state index in [4.69, 9.17) is 11.6 Å². The Bertz CT molecular complexity index is 360. The van der Waals surface area contributed by atoms with Gasteiger partial charge in [0.25, 0.3) is 0 Å². The van der Waals surface area contributed by atoms with E-state index < -0.39 is 0 Å². The van der Waals surface area contributed by atoms with Crippen LogP contribution in [-0.2, 0) is 0 Å². The third-order valence-electron chi connectivity index (χ3n) is 3.95. The van der Waals surface area contributed by atoms with Crippen molar-refractivity contribution in [1.29, 1.82) is 0 Å². The third kappa shape index (κ3) is 6.65. The van der Waals surface area contributed by atoms with Crippen LogP contribution in [0.5, 0.6) is 0 Å². The van der Waals surface area contributed by atoms with Crippen molar-refractivity contribution in [3.8, 4) is 0 Å². The minimum absolute atomic E-state index is 0.206. The van der Waals surface area contributed by atoms with E-state index in [0.717, 1.165) is 5.02 Å². The van der Waals surface area contributed by atoms with E-state index >= 15 is 0 Å². The normalized spacial score (nSPS) is 14.0. The SMILES string of the molecule is CCCCCCC(C)(CCCC)Nc1ccc(Cl)cc1. The molecule has 0 amide bonds. The highest BCUT2D eigenvalue weighted by Crippen LogP contribution is 2.27.